The fraction of sp³-hybridized carbons (Fsp3) is 0.600. The number of fused-ring (bicyclic) bond motifs is 1. The molecule has 7 nitrogen and oxygen atoms in total. The van der Waals surface area contributed by atoms with Gasteiger partial charge in [0, 0.05) is 24.7 Å². The number of cyclic esters (lactones) is 1. The fourth-order valence-electron chi connectivity index (χ4n) is 3.49. The largest absolute Gasteiger partial charge is 0.457 e. The minimum Gasteiger partial charge on any atom is -0.457 e. The lowest BCUT2D eigenvalue weighted by atomic mass is 9.97. The number of β-amino-alcohol motifs (C(OH)–C–C–N with tert-alkyl or cyclic N) is 1. The summed E-state index contributed by atoms with van der Waals surface area (Å²) in [4.78, 5) is 25.3. The van der Waals surface area contributed by atoms with E-state index in [0.717, 1.165) is 16.7 Å². The van der Waals surface area contributed by atoms with Crippen LogP contribution in [0.25, 0.3) is 0 Å². The lowest BCUT2D eigenvalue weighted by Gasteiger charge is -2.37. The van der Waals surface area contributed by atoms with Crippen molar-refractivity contribution in [2.45, 2.75) is 65.0 Å². The number of esters is 1. The van der Waals surface area contributed by atoms with Gasteiger partial charge in [-0.1, -0.05) is 6.07 Å². The third-order valence-corrected chi connectivity index (χ3v) is 5.07. The third-order valence-electron chi connectivity index (χ3n) is 5.07. The van der Waals surface area contributed by atoms with Gasteiger partial charge < -0.3 is 24.8 Å². The molecule has 2 atom stereocenters. The van der Waals surface area contributed by atoms with E-state index in [2.05, 4.69) is 5.32 Å². The van der Waals surface area contributed by atoms with Crippen molar-refractivity contribution < 1.29 is 24.2 Å². The molecule has 2 unspecified atom stereocenters. The molecule has 27 heavy (non-hydrogen) atoms. The number of carbonyl (C=O) groups excluding carboxylic acids is 2. The molecule has 1 aromatic rings. The van der Waals surface area contributed by atoms with E-state index in [1.54, 1.807) is 11.0 Å². The Morgan fingerprint density at radius 3 is 2.81 bits per heavy atom. The van der Waals surface area contributed by atoms with E-state index in [1.807, 2.05) is 33.8 Å². The Kier molecular flexibility index (Phi) is 5.44. The summed E-state index contributed by atoms with van der Waals surface area (Å²) < 4.78 is 10.5. The standard InChI is InChI=1S/C20H28N2O5/c1-12-13(5-6-14-15(12)11-26-18(14)24)9-21-16-7-8-22(10-17(16)23)19(25)27-20(2,3)4/h5-6,16-17,21,23H,7-11H2,1-4H3. The third kappa shape index (κ3) is 4.42. The first-order valence-corrected chi connectivity index (χ1v) is 9.33. The van der Waals surface area contributed by atoms with Gasteiger partial charge in [-0.2, -0.15) is 0 Å². The lowest BCUT2D eigenvalue weighted by Crippen LogP contribution is -2.54. The number of piperidine rings is 1. The van der Waals surface area contributed by atoms with Crippen molar-refractivity contribution in [1.82, 2.24) is 10.2 Å². The molecule has 1 saturated heterocycles. The first kappa shape index (κ1) is 19.6. The molecule has 2 aliphatic rings. The van der Waals surface area contributed by atoms with Gasteiger partial charge in [-0.05, 0) is 51.3 Å². The number of rotatable bonds is 3. The smallest absolute Gasteiger partial charge is 0.410 e. The Labute approximate surface area is 159 Å². The van der Waals surface area contributed by atoms with E-state index in [-0.39, 0.29) is 24.6 Å². The van der Waals surface area contributed by atoms with Crippen molar-refractivity contribution in [3.63, 3.8) is 0 Å². The van der Waals surface area contributed by atoms with Gasteiger partial charge in [0.25, 0.3) is 0 Å². The second-order valence-corrected chi connectivity index (χ2v) is 8.22. The Hall–Kier alpha value is -2.12. The monoisotopic (exact) mass is 376 g/mol. The maximum atomic E-state index is 12.2. The number of likely N-dealkylation sites (tertiary alicyclic amines) is 1. The average Bonchev–Trinajstić information content (AvgIpc) is 2.95. The van der Waals surface area contributed by atoms with Gasteiger partial charge in [-0.15, -0.1) is 0 Å². The number of aliphatic hydroxyl groups is 1. The number of carbonyl (C=O) groups is 2. The summed E-state index contributed by atoms with van der Waals surface area (Å²) >= 11 is 0. The fourth-order valence-corrected chi connectivity index (χ4v) is 3.49. The van der Waals surface area contributed by atoms with Crippen LogP contribution in [0.2, 0.25) is 0 Å². The topological polar surface area (TPSA) is 88.1 Å². The summed E-state index contributed by atoms with van der Waals surface area (Å²) in [5.74, 6) is -0.266. The number of benzene rings is 1. The van der Waals surface area contributed by atoms with Crippen LogP contribution >= 0.6 is 0 Å². The molecule has 0 aliphatic carbocycles. The number of aliphatic hydroxyl groups excluding tert-OH is 1. The van der Waals surface area contributed by atoms with Crippen molar-refractivity contribution in [2.75, 3.05) is 13.1 Å². The van der Waals surface area contributed by atoms with Crippen LogP contribution < -0.4 is 5.32 Å². The van der Waals surface area contributed by atoms with Gasteiger partial charge in [-0.25, -0.2) is 9.59 Å². The minimum absolute atomic E-state index is 0.103. The Balaban J connectivity index is 1.56. The summed E-state index contributed by atoms with van der Waals surface area (Å²) in [7, 11) is 0. The molecule has 1 amide bonds. The lowest BCUT2D eigenvalue weighted by molar-refractivity contribution is -0.00490. The first-order valence-electron chi connectivity index (χ1n) is 9.33. The van der Waals surface area contributed by atoms with Gasteiger partial charge in [0.1, 0.15) is 12.2 Å². The summed E-state index contributed by atoms with van der Waals surface area (Å²) in [5.41, 5.74) is 3.16. The van der Waals surface area contributed by atoms with Crippen LogP contribution in [0.1, 0.15) is 54.2 Å². The second kappa shape index (κ2) is 7.48. The summed E-state index contributed by atoms with van der Waals surface area (Å²) in [6.07, 6.45) is -0.406. The normalized spacial score (nSPS) is 22.4. The minimum atomic E-state index is -0.661. The van der Waals surface area contributed by atoms with Crippen LogP contribution in [0, 0.1) is 6.92 Å². The van der Waals surface area contributed by atoms with E-state index >= 15 is 0 Å². The maximum Gasteiger partial charge on any atom is 0.410 e. The molecule has 0 bridgehead atoms. The highest BCUT2D eigenvalue weighted by Gasteiger charge is 2.32. The number of ether oxygens (including phenoxy) is 2. The Morgan fingerprint density at radius 2 is 2.15 bits per heavy atom. The zero-order valence-corrected chi connectivity index (χ0v) is 16.4. The second-order valence-electron chi connectivity index (χ2n) is 8.22. The SMILES string of the molecule is Cc1c(CNC2CCN(C(=O)OC(C)(C)C)CC2O)ccc2c1COC2=O. The number of amides is 1. The molecule has 1 fully saturated rings. The molecule has 3 rings (SSSR count). The zero-order chi connectivity index (χ0) is 19.8. The zero-order valence-electron chi connectivity index (χ0n) is 16.4. The molecular weight excluding hydrogens is 348 g/mol. The molecule has 2 heterocycles. The highest BCUT2D eigenvalue weighted by atomic mass is 16.6. The number of hydrogen-bond acceptors (Lipinski definition) is 6. The quantitative estimate of drug-likeness (QED) is 0.786. The molecule has 0 radical (unpaired) electrons. The predicted molar refractivity (Wildman–Crippen MR) is 99.4 cm³/mol. The van der Waals surface area contributed by atoms with Crippen LogP contribution in [0.5, 0.6) is 0 Å². The molecule has 2 aliphatic heterocycles. The van der Waals surface area contributed by atoms with Gasteiger partial charge in [0.05, 0.1) is 18.2 Å². The van der Waals surface area contributed by atoms with Crippen molar-refractivity contribution >= 4 is 12.1 Å². The van der Waals surface area contributed by atoms with Crippen LogP contribution in [0.4, 0.5) is 4.79 Å². The van der Waals surface area contributed by atoms with Gasteiger partial charge in [-0.3, -0.25) is 0 Å². The molecule has 148 valence electrons. The van der Waals surface area contributed by atoms with Crippen molar-refractivity contribution in [3.8, 4) is 0 Å². The van der Waals surface area contributed by atoms with E-state index < -0.39 is 11.7 Å². The van der Waals surface area contributed by atoms with Crippen LogP contribution in [0.3, 0.4) is 0 Å². The summed E-state index contributed by atoms with van der Waals surface area (Å²) in [5, 5.41) is 13.8. The predicted octanol–water partition coefficient (Wildman–Crippen LogP) is 2.13. The molecule has 1 aromatic carbocycles. The number of nitrogens with zero attached hydrogens (tertiary/aromatic N) is 1. The molecule has 0 spiro atoms. The Morgan fingerprint density at radius 1 is 1.41 bits per heavy atom. The maximum absolute atomic E-state index is 12.2. The number of nitrogens with one attached hydrogen (secondary N) is 1. The van der Waals surface area contributed by atoms with Gasteiger partial charge >= 0.3 is 12.1 Å². The van der Waals surface area contributed by atoms with Gasteiger partial charge in [0.15, 0.2) is 0 Å². The summed E-state index contributed by atoms with van der Waals surface area (Å²) in [6, 6.07) is 3.63. The molecular formula is C20H28N2O5. The van der Waals surface area contributed by atoms with Crippen molar-refractivity contribution in [2.24, 2.45) is 0 Å². The molecule has 0 aromatic heterocycles. The highest BCUT2D eigenvalue weighted by molar-refractivity contribution is 5.93. The highest BCUT2D eigenvalue weighted by Crippen LogP contribution is 2.26. The van der Waals surface area contributed by atoms with E-state index in [9.17, 15) is 14.7 Å². The van der Waals surface area contributed by atoms with E-state index in [1.165, 1.54) is 0 Å². The van der Waals surface area contributed by atoms with Crippen LogP contribution in [-0.4, -0.2) is 52.9 Å². The van der Waals surface area contributed by atoms with Gasteiger partial charge in [0.2, 0.25) is 0 Å². The van der Waals surface area contributed by atoms with Crippen molar-refractivity contribution in [3.05, 3.63) is 34.4 Å². The molecule has 2 N–H and O–H groups in total. The summed E-state index contributed by atoms with van der Waals surface area (Å²) in [6.45, 7) is 9.16. The van der Waals surface area contributed by atoms with E-state index in [0.29, 0.717) is 31.7 Å². The Bertz CT molecular complexity index is 741. The first-order chi connectivity index (χ1) is 12.7. The molecule has 7 heteroatoms. The van der Waals surface area contributed by atoms with E-state index in [4.69, 9.17) is 9.47 Å². The van der Waals surface area contributed by atoms with Crippen molar-refractivity contribution in [1.29, 1.82) is 0 Å². The number of hydrogen-bond donors (Lipinski definition) is 2. The molecule has 0 saturated carbocycles. The van der Waals surface area contributed by atoms with Crippen LogP contribution in [0.15, 0.2) is 12.1 Å². The van der Waals surface area contributed by atoms with Crippen LogP contribution in [-0.2, 0) is 22.6 Å². The average molecular weight is 376 g/mol.